The zero-order chi connectivity index (χ0) is 7.28. The SMILES string of the molecule is CCOC(=O)[CH]C(C)=O. The van der Waals surface area contributed by atoms with Gasteiger partial charge in [0.2, 0.25) is 0 Å². The number of hydrogen-bond donors (Lipinski definition) is 0. The minimum atomic E-state index is -0.565. The molecule has 0 bridgehead atoms. The maximum atomic E-state index is 10.4. The molecule has 1 radical (unpaired) electrons. The van der Waals surface area contributed by atoms with E-state index < -0.39 is 5.97 Å². The molecule has 9 heavy (non-hydrogen) atoms. The predicted molar refractivity (Wildman–Crippen MR) is 31.6 cm³/mol. The minimum absolute atomic E-state index is 0.284. The van der Waals surface area contributed by atoms with Gasteiger partial charge in [-0.2, -0.15) is 0 Å². The normalized spacial score (nSPS) is 8.67. The van der Waals surface area contributed by atoms with Gasteiger partial charge in [0, 0.05) is 0 Å². The maximum absolute atomic E-state index is 10.4. The van der Waals surface area contributed by atoms with Crippen molar-refractivity contribution in [3.05, 3.63) is 6.42 Å². The predicted octanol–water partition coefficient (Wildman–Crippen LogP) is 0.343. The van der Waals surface area contributed by atoms with Crippen molar-refractivity contribution in [3.8, 4) is 0 Å². The van der Waals surface area contributed by atoms with Gasteiger partial charge in [0.15, 0.2) is 0 Å². The Labute approximate surface area is 54.0 Å². The third-order valence-electron chi connectivity index (χ3n) is 0.608. The second-order valence-electron chi connectivity index (χ2n) is 1.51. The van der Waals surface area contributed by atoms with E-state index in [0.29, 0.717) is 6.61 Å². The first-order valence-electron chi connectivity index (χ1n) is 2.69. The van der Waals surface area contributed by atoms with Gasteiger partial charge in [0.25, 0.3) is 0 Å². The molecule has 0 spiro atoms. The molecular formula is C6H9O3. The Kier molecular flexibility index (Phi) is 3.67. The third kappa shape index (κ3) is 5.00. The van der Waals surface area contributed by atoms with Crippen LogP contribution < -0.4 is 0 Å². The Morgan fingerprint density at radius 2 is 2.11 bits per heavy atom. The molecule has 0 atom stereocenters. The molecule has 3 nitrogen and oxygen atoms in total. The van der Waals surface area contributed by atoms with Gasteiger partial charge in [-0.1, -0.05) is 0 Å². The molecule has 0 amide bonds. The zero-order valence-electron chi connectivity index (χ0n) is 5.51. The van der Waals surface area contributed by atoms with Crippen molar-refractivity contribution < 1.29 is 14.3 Å². The summed E-state index contributed by atoms with van der Waals surface area (Å²) >= 11 is 0. The molecule has 0 aliphatic carbocycles. The first kappa shape index (κ1) is 8.14. The molecule has 0 aliphatic rings. The van der Waals surface area contributed by atoms with Crippen molar-refractivity contribution in [2.75, 3.05) is 6.61 Å². The number of esters is 1. The first-order chi connectivity index (χ1) is 4.16. The van der Waals surface area contributed by atoms with E-state index in [1.807, 2.05) is 0 Å². The van der Waals surface area contributed by atoms with E-state index in [0.717, 1.165) is 6.42 Å². The largest absolute Gasteiger partial charge is 0.465 e. The summed E-state index contributed by atoms with van der Waals surface area (Å²) in [6.45, 7) is 3.30. The van der Waals surface area contributed by atoms with E-state index in [2.05, 4.69) is 4.74 Å². The Hall–Kier alpha value is -0.860. The van der Waals surface area contributed by atoms with E-state index in [1.165, 1.54) is 6.92 Å². The van der Waals surface area contributed by atoms with Gasteiger partial charge in [0.1, 0.15) is 12.2 Å². The second-order valence-corrected chi connectivity index (χ2v) is 1.51. The Bertz CT molecular complexity index is 117. The molecule has 0 fully saturated rings. The number of hydrogen-bond acceptors (Lipinski definition) is 3. The van der Waals surface area contributed by atoms with Gasteiger partial charge in [-0.15, -0.1) is 0 Å². The van der Waals surface area contributed by atoms with Crippen LogP contribution in [-0.4, -0.2) is 18.4 Å². The molecule has 0 N–H and O–H groups in total. The molecule has 51 valence electrons. The smallest absolute Gasteiger partial charge is 0.317 e. The number of carbonyl (C=O) groups excluding carboxylic acids is 2. The second kappa shape index (κ2) is 4.06. The first-order valence-corrected chi connectivity index (χ1v) is 2.69. The molecule has 0 saturated carbocycles. The van der Waals surface area contributed by atoms with Crippen LogP contribution in [0.4, 0.5) is 0 Å². The fourth-order valence-electron chi connectivity index (χ4n) is 0.350. The van der Waals surface area contributed by atoms with Gasteiger partial charge in [-0.3, -0.25) is 9.59 Å². The van der Waals surface area contributed by atoms with Crippen LogP contribution in [0.5, 0.6) is 0 Å². The van der Waals surface area contributed by atoms with Crippen LogP contribution in [0.3, 0.4) is 0 Å². The van der Waals surface area contributed by atoms with Crippen molar-refractivity contribution in [2.24, 2.45) is 0 Å². The molecule has 0 saturated heterocycles. The third-order valence-corrected chi connectivity index (χ3v) is 0.608. The highest BCUT2D eigenvalue weighted by atomic mass is 16.5. The van der Waals surface area contributed by atoms with Crippen LogP contribution in [0.15, 0.2) is 0 Å². The summed E-state index contributed by atoms with van der Waals surface area (Å²) in [7, 11) is 0. The summed E-state index contributed by atoms with van der Waals surface area (Å²) in [6.07, 6.45) is 0.920. The van der Waals surface area contributed by atoms with E-state index in [4.69, 9.17) is 0 Å². The Morgan fingerprint density at radius 1 is 1.56 bits per heavy atom. The zero-order valence-corrected chi connectivity index (χ0v) is 5.51. The van der Waals surface area contributed by atoms with Crippen LogP contribution >= 0.6 is 0 Å². The van der Waals surface area contributed by atoms with Crippen LogP contribution in [0.2, 0.25) is 0 Å². The van der Waals surface area contributed by atoms with Crippen molar-refractivity contribution >= 4 is 11.8 Å². The fourth-order valence-corrected chi connectivity index (χ4v) is 0.350. The molecule has 0 aromatic carbocycles. The van der Waals surface area contributed by atoms with E-state index in [1.54, 1.807) is 6.92 Å². The number of Topliss-reactive ketones (excluding diaryl/α,β-unsaturated/α-hetero) is 1. The summed E-state index contributed by atoms with van der Waals surface area (Å²) in [5.41, 5.74) is 0. The lowest BCUT2D eigenvalue weighted by atomic mass is 10.3. The van der Waals surface area contributed by atoms with E-state index in [9.17, 15) is 9.59 Å². The van der Waals surface area contributed by atoms with Gasteiger partial charge < -0.3 is 4.74 Å². The van der Waals surface area contributed by atoms with Gasteiger partial charge in [-0.25, -0.2) is 0 Å². The highest BCUT2D eigenvalue weighted by Gasteiger charge is 2.04. The van der Waals surface area contributed by atoms with Gasteiger partial charge in [-0.05, 0) is 13.8 Å². The topological polar surface area (TPSA) is 43.4 Å². The summed E-state index contributed by atoms with van der Waals surface area (Å²) in [5.74, 6) is -0.849. The van der Waals surface area contributed by atoms with Crippen LogP contribution in [0, 0.1) is 6.42 Å². The summed E-state index contributed by atoms with van der Waals surface area (Å²) in [5, 5.41) is 0. The highest BCUT2D eigenvalue weighted by Crippen LogP contribution is 1.84. The molecule has 0 heterocycles. The lowest BCUT2D eigenvalue weighted by Gasteiger charge is -1.95. The summed E-state index contributed by atoms with van der Waals surface area (Å²) < 4.78 is 4.44. The maximum Gasteiger partial charge on any atom is 0.317 e. The Balaban J connectivity index is 3.39. The lowest BCUT2D eigenvalue weighted by molar-refractivity contribution is -0.140. The molecular weight excluding hydrogens is 120 g/mol. The Morgan fingerprint density at radius 3 is 2.44 bits per heavy atom. The molecule has 0 rings (SSSR count). The average molecular weight is 129 g/mol. The average Bonchev–Trinajstić information content (AvgIpc) is 1.63. The molecule has 0 aromatic heterocycles. The van der Waals surface area contributed by atoms with Crippen LogP contribution in [0.25, 0.3) is 0 Å². The van der Waals surface area contributed by atoms with Crippen LogP contribution in [0.1, 0.15) is 13.8 Å². The van der Waals surface area contributed by atoms with Crippen LogP contribution in [-0.2, 0) is 14.3 Å². The van der Waals surface area contributed by atoms with E-state index >= 15 is 0 Å². The number of rotatable bonds is 3. The summed E-state index contributed by atoms with van der Waals surface area (Å²) in [6, 6.07) is 0. The summed E-state index contributed by atoms with van der Waals surface area (Å²) in [4.78, 5) is 20.5. The highest BCUT2D eigenvalue weighted by molar-refractivity contribution is 6.05. The molecule has 0 unspecified atom stereocenters. The molecule has 0 aliphatic heterocycles. The van der Waals surface area contributed by atoms with Crippen molar-refractivity contribution in [3.63, 3.8) is 0 Å². The van der Waals surface area contributed by atoms with Gasteiger partial charge in [0.05, 0.1) is 6.61 Å². The minimum Gasteiger partial charge on any atom is -0.465 e. The molecule has 3 heteroatoms. The number of carbonyl (C=O) groups is 2. The van der Waals surface area contributed by atoms with Crippen molar-refractivity contribution in [1.29, 1.82) is 0 Å². The number of ketones is 1. The lowest BCUT2D eigenvalue weighted by Crippen LogP contribution is -2.09. The van der Waals surface area contributed by atoms with Crippen molar-refractivity contribution in [1.82, 2.24) is 0 Å². The monoisotopic (exact) mass is 129 g/mol. The standard InChI is InChI=1S/C6H9O3/c1-3-9-6(8)4-5(2)7/h4H,3H2,1-2H3. The van der Waals surface area contributed by atoms with E-state index in [-0.39, 0.29) is 5.78 Å². The van der Waals surface area contributed by atoms with Gasteiger partial charge >= 0.3 is 5.97 Å². The van der Waals surface area contributed by atoms with Crippen molar-refractivity contribution in [2.45, 2.75) is 13.8 Å². The fraction of sp³-hybridized carbons (Fsp3) is 0.500. The number of ether oxygens (including phenoxy) is 1. The molecule has 0 aromatic rings. The quantitative estimate of drug-likeness (QED) is 0.407.